The van der Waals surface area contributed by atoms with Gasteiger partial charge in [-0.2, -0.15) is 0 Å². The molecule has 5 nitrogen and oxygen atoms in total. The highest BCUT2D eigenvalue weighted by atomic mass is 32.2. The zero-order chi connectivity index (χ0) is 23.0. The highest BCUT2D eigenvalue weighted by molar-refractivity contribution is 7.91. The smallest absolute Gasteiger partial charge is 0.222 e. The number of benzene rings is 1. The first-order valence-corrected chi connectivity index (χ1v) is 12.6. The van der Waals surface area contributed by atoms with Gasteiger partial charge in [-0.25, -0.2) is 8.42 Å². The van der Waals surface area contributed by atoms with Gasteiger partial charge >= 0.3 is 0 Å². The molecule has 0 unspecified atom stereocenters. The second kappa shape index (κ2) is 8.45. The molecule has 0 N–H and O–H groups in total. The third kappa shape index (κ3) is 5.79. The fraction of sp³-hybridized carbons (Fsp3) is 0.560. The van der Waals surface area contributed by atoms with Crippen molar-refractivity contribution in [3.8, 4) is 0 Å². The Morgan fingerprint density at radius 3 is 2.10 bits per heavy atom. The summed E-state index contributed by atoms with van der Waals surface area (Å²) in [7, 11) is -3.31. The van der Waals surface area contributed by atoms with Gasteiger partial charge in [0, 0.05) is 19.5 Å². The molecule has 170 valence electrons. The molecule has 1 fully saturated rings. The van der Waals surface area contributed by atoms with Crippen LogP contribution >= 0.6 is 0 Å². The number of hydrogen-bond acceptors (Lipinski definition) is 4. The van der Waals surface area contributed by atoms with Gasteiger partial charge in [-0.15, -0.1) is 0 Å². The van der Waals surface area contributed by atoms with Crippen LogP contribution in [0.25, 0.3) is 0 Å². The van der Waals surface area contributed by atoms with Gasteiger partial charge in [-0.05, 0) is 46.1 Å². The summed E-state index contributed by atoms with van der Waals surface area (Å²) in [5, 5.41) is -0.502. The molecule has 0 radical (unpaired) electrons. The van der Waals surface area contributed by atoms with Gasteiger partial charge < -0.3 is 9.32 Å². The van der Waals surface area contributed by atoms with Crippen LogP contribution in [0.5, 0.6) is 0 Å². The molecule has 1 aromatic carbocycles. The van der Waals surface area contributed by atoms with Crippen molar-refractivity contribution >= 4 is 15.7 Å². The molecular weight excluding hydrogens is 410 g/mol. The fourth-order valence-corrected chi connectivity index (χ4v) is 5.30. The third-order valence-electron chi connectivity index (χ3n) is 5.98. The van der Waals surface area contributed by atoms with E-state index in [2.05, 4.69) is 59.7 Å². The molecule has 2 heterocycles. The molecule has 0 spiro atoms. The van der Waals surface area contributed by atoms with Crippen molar-refractivity contribution in [3.05, 3.63) is 59.0 Å². The van der Waals surface area contributed by atoms with Gasteiger partial charge in [0.2, 0.25) is 5.91 Å². The fourth-order valence-electron chi connectivity index (χ4n) is 3.69. The highest BCUT2D eigenvalue weighted by Crippen LogP contribution is 2.31. The molecule has 6 heteroatoms. The molecule has 1 aliphatic heterocycles. The standard InChI is InChI=1S/C25H35NO4S/c1-24(2,3)19-12-18(13-20(14-19)25(4,5)6)9-10-23(27)26-15-22(16-26)31(28,29)17-21-8-7-11-30-21/h7-8,11-14,22H,9-10,15-17H2,1-6H3. The van der Waals surface area contributed by atoms with Crippen LogP contribution in [0.15, 0.2) is 41.0 Å². The summed E-state index contributed by atoms with van der Waals surface area (Å²) >= 11 is 0. The zero-order valence-electron chi connectivity index (χ0n) is 19.6. The van der Waals surface area contributed by atoms with E-state index in [1.54, 1.807) is 17.0 Å². The van der Waals surface area contributed by atoms with Crippen LogP contribution in [-0.2, 0) is 37.6 Å². The zero-order valence-corrected chi connectivity index (χ0v) is 20.4. The van der Waals surface area contributed by atoms with Gasteiger partial charge in [0.05, 0.1) is 11.5 Å². The van der Waals surface area contributed by atoms with Crippen molar-refractivity contribution in [2.45, 2.75) is 76.2 Å². The first kappa shape index (κ1) is 23.6. The molecule has 31 heavy (non-hydrogen) atoms. The maximum atomic E-state index is 12.7. The Labute approximate surface area is 186 Å². The van der Waals surface area contributed by atoms with Crippen LogP contribution in [-0.4, -0.2) is 37.6 Å². The Bertz CT molecular complexity index is 986. The lowest BCUT2D eigenvalue weighted by Gasteiger charge is -2.38. The number of carbonyl (C=O) groups is 1. The van der Waals surface area contributed by atoms with Crippen molar-refractivity contribution in [1.82, 2.24) is 4.90 Å². The summed E-state index contributed by atoms with van der Waals surface area (Å²) in [6.07, 6.45) is 2.52. The molecule has 1 aromatic heterocycles. The van der Waals surface area contributed by atoms with Gasteiger partial charge in [0.25, 0.3) is 0 Å². The summed E-state index contributed by atoms with van der Waals surface area (Å²) in [5.74, 6) is 0.350. The molecule has 0 aliphatic carbocycles. The molecule has 1 amide bonds. The predicted octanol–water partition coefficient (Wildman–Crippen LogP) is 4.63. The van der Waals surface area contributed by atoms with Gasteiger partial charge in [0.15, 0.2) is 9.84 Å². The van der Waals surface area contributed by atoms with Crippen LogP contribution in [0.2, 0.25) is 0 Å². The van der Waals surface area contributed by atoms with Gasteiger partial charge in [-0.3, -0.25) is 4.79 Å². The van der Waals surface area contributed by atoms with E-state index in [0.717, 1.165) is 5.56 Å². The van der Waals surface area contributed by atoms with E-state index in [1.807, 2.05) is 0 Å². The normalized spacial score (nSPS) is 15.7. The Morgan fingerprint density at radius 1 is 1.03 bits per heavy atom. The molecule has 0 bridgehead atoms. The molecule has 1 aliphatic rings. The molecule has 3 rings (SSSR count). The maximum absolute atomic E-state index is 12.7. The van der Waals surface area contributed by atoms with E-state index < -0.39 is 15.1 Å². The molecule has 0 saturated carbocycles. The van der Waals surface area contributed by atoms with Crippen molar-refractivity contribution in [2.75, 3.05) is 13.1 Å². The number of nitrogens with zero attached hydrogens (tertiary/aromatic N) is 1. The quantitative estimate of drug-likeness (QED) is 0.650. The van der Waals surface area contributed by atoms with E-state index in [0.29, 0.717) is 18.6 Å². The topological polar surface area (TPSA) is 67.6 Å². The van der Waals surface area contributed by atoms with E-state index in [4.69, 9.17) is 4.42 Å². The van der Waals surface area contributed by atoms with Crippen LogP contribution < -0.4 is 0 Å². The largest absolute Gasteiger partial charge is 0.468 e. The minimum Gasteiger partial charge on any atom is -0.468 e. The first-order chi connectivity index (χ1) is 14.3. The second-order valence-electron chi connectivity index (χ2n) is 10.7. The monoisotopic (exact) mass is 445 g/mol. The van der Waals surface area contributed by atoms with Gasteiger partial charge in [-0.1, -0.05) is 59.7 Å². The molecule has 2 aromatic rings. The Hall–Kier alpha value is -2.08. The number of likely N-dealkylation sites (tertiary alicyclic amines) is 1. The summed E-state index contributed by atoms with van der Waals surface area (Å²) in [4.78, 5) is 14.3. The molecule has 1 saturated heterocycles. The van der Waals surface area contributed by atoms with E-state index >= 15 is 0 Å². The second-order valence-corrected chi connectivity index (χ2v) is 13.0. The Balaban J connectivity index is 1.60. The van der Waals surface area contributed by atoms with Crippen molar-refractivity contribution in [2.24, 2.45) is 0 Å². The number of sulfone groups is 1. The minimum atomic E-state index is -3.31. The first-order valence-electron chi connectivity index (χ1n) is 10.9. The summed E-state index contributed by atoms with van der Waals surface area (Å²) < 4.78 is 30.1. The van der Waals surface area contributed by atoms with Gasteiger partial charge in [0.1, 0.15) is 11.5 Å². The van der Waals surface area contributed by atoms with Crippen LogP contribution in [0, 0.1) is 0 Å². The molecule has 0 atom stereocenters. The Morgan fingerprint density at radius 2 is 1.61 bits per heavy atom. The number of amides is 1. The Kier molecular flexibility index (Phi) is 6.43. The van der Waals surface area contributed by atoms with E-state index in [9.17, 15) is 13.2 Å². The van der Waals surface area contributed by atoms with Crippen molar-refractivity contribution in [3.63, 3.8) is 0 Å². The van der Waals surface area contributed by atoms with Crippen LogP contribution in [0.1, 0.15) is 70.4 Å². The van der Waals surface area contributed by atoms with E-state index in [1.165, 1.54) is 17.4 Å². The number of rotatable bonds is 6. The molecular formula is C25H35NO4S. The predicted molar refractivity (Wildman–Crippen MR) is 124 cm³/mol. The summed E-state index contributed by atoms with van der Waals surface area (Å²) in [6, 6.07) is 10.0. The number of furan rings is 1. The van der Waals surface area contributed by atoms with Crippen LogP contribution in [0.3, 0.4) is 0 Å². The lowest BCUT2D eigenvalue weighted by atomic mass is 9.79. The summed E-state index contributed by atoms with van der Waals surface area (Å²) in [6.45, 7) is 13.8. The SMILES string of the molecule is CC(C)(C)c1cc(CCC(=O)N2CC(S(=O)(=O)Cc3ccco3)C2)cc(C(C)(C)C)c1. The van der Waals surface area contributed by atoms with Crippen molar-refractivity contribution < 1.29 is 17.6 Å². The summed E-state index contributed by atoms with van der Waals surface area (Å²) in [5.41, 5.74) is 3.78. The van der Waals surface area contributed by atoms with Crippen molar-refractivity contribution in [1.29, 1.82) is 0 Å². The van der Waals surface area contributed by atoms with E-state index in [-0.39, 0.29) is 35.6 Å². The highest BCUT2D eigenvalue weighted by Gasteiger charge is 2.39. The lowest BCUT2D eigenvalue weighted by molar-refractivity contribution is -0.134. The average molecular weight is 446 g/mol. The maximum Gasteiger partial charge on any atom is 0.222 e. The number of aryl methyl sites for hydroxylation is 1. The lowest BCUT2D eigenvalue weighted by Crippen LogP contribution is -2.57. The van der Waals surface area contributed by atoms with Crippen LogP contribution in [0.4, 0.5) is 0 Å². The third-order valence-corrected chi connectivity index (χ3v) is 7.99. The average Bonchev–Trinajstić information content (AvgIpc) is 3.08. The number of hydrogen-bond donors (Lipinski definition) is 0. The number of carbonyl (C=O) groups excluding carboxylic acids is 1. The minimum absolute atomic E-state index is 0.0166.